The molecule has 0 saturated carbocycles. The molecule has 0 aliphatic heterocycles. The van der Waals surface area contributed by atoms with E-state index in [1.807, 2.05) is 18.2 Å². The van der Waals surface area contributed by atoms with Crippen LogP contribution in [0.1, 0.15) is 18.4 Å². The highest BCUT2D eigenvalue weighted by Crippen LogP contribution is 2.27. The van der Waals surface area contributed by atoms with Crippen LogP contribution in [0.3, 0.4) is 0 Å². The minimum atomic E-state index is -0.553. The number of carbonyl (C=O) groups is 1. The van der Waals surface area contributed by atoms with Gasteiger partial charge in [-0.1, -0.05) is 30.3 Å². The summed E-state index contributed by atoms with van der Waals surface area (Å²) in [6.45, 7) is 0. The largest absolute Gasteiger partial charge is 0.303 e. The fourth-order valence-corrected chi connectivity index (χ4v) is 2.03. The van der Waals surface area contributed by atoms with Gasteiger partial charge in [-0.05, 0) is 30.5 Å². The molecule has 0 aliphatic rings. The Hall–Kier alpha value is -2.03. The van der Waals surface area contributed by atoms with E-state index in [9.17, 15) is 13.6 Å². The lowest BCUT2D eigenvalue weighted by Gasteiger charge is -2.09. The molecule has 0 aromatic heterocycles. The number of benzene rings is 2. The summed E-state index contributed by atoms with van der Waals surface area (Å²) in [6.07, 6.45) is 1.76. The number of hydrogen-bond acceptors (Lipinski definition) is 1. The summed E-state index contributed by atoms with van der Waals surface area (Å²) in [6, 6.07) is 11.8. The van der Waals surface area contributed by atoms with Crippen LogP contribution >= 0.6 is 0 Å². The van der Waals surface area contributed by atoms with Crippen LogP contribution < -0.4 is 0 Å². The van der Waals surface area contributed by atoms with Gasteiger partial charge in [-0.3, -0.25) is 0 Å². The monoisotopic (exact) mass is 260 g/mol. The number of rotatable bonds is 5. The molecule has 1 nitrogen and oxygen atoms in total. The highest BCUT2D eigenvalue weighted by atomic mass is 19.1. The van der Waals surface area contributed by atoms with Gasteiger partial charge in [-0.25, -0.2) is 8.78 Å². The molecule has 2 aromatic rings. The van der Waals surface area contributed by atoms with E-state index >= 15 is 0 Å². The van der Waals surface area contributed by atoms with Gasteiger partial charge in [0.15, 0.2) is 0 Å². The molecule has 0 aliphatic carbocycles. The molecule has 0 atom stereocenters. The molecule has 3 heteroatoms. The van der Waals surface area contributed by atoms with Crippen molar-refractivity contribution in [1.82, 2.24) is 0 Å². The summed E-state index contributed by atoms with van der Waals surface area (Å²) in [5, 5.41) is 0. The van der Waals surface area contributed by atoms with Crippen molar-refractivity contribution in [3.05, 3.63) is 59.7 Å². The second-order valence-corrected chi connectivity index (χ2v) is 4.31. The lowest BCUT2D eigenvalue weighted by Crippen LogP contribution is -1.99. The average Bonchev–Trinajstić information content (AvgIpc) is 2.43. The van der Waals surface area contributed by atoms with Crippen LogP contribution in [-0.2, 0) is 11.2 Å². The van der Waals surface area contributed by atoms with Crippen molar-refractivity contribution in [2.24, 2.45) is 0 Å². The van der Waals surface area contributed by atoms with Crippen LogP contribution in [0.4, 0.5) is 8.78 Å². The molecule has 0 N–H and O–H groups in total. The van der Waals surface area contributed by atoms with Crippen molar-refractivity contribution >= 4 is 6.29 Å². The highest BCUT2D eigenvalue weighted by molar-refractivity contribution is 5.65. The molecule has 0 radical (unpaired) electrons. The Labute approximate surface area is 110 Å². The van der Waals surface area contributed by atoms with Crippen molar-refractivity contribution in [3.63, 3.8) is 0 Å². The zero-order valence-corrected chi connectivity index (χ0v) is 10.4. The maximum absolute atomic E-state index is 14.3. The van der Waals surface area contributed by atoms with E-state index in [2.05, 4.69) is 0 Å². The van der Waals surface area contributed by atoms with E-state index in [1.165, 1.54) is 12.1 Å². The third-order valence-corrected chi connectivity index (χ3v) is 3.02. The molecule has 0 bridgehead atoms. The van der Waals surface area contributed by atoms with Gasteiger partial charge in [0.2, 0.25) is 0 Å². The lowest BCUT2D eigenvalue weighted by molar-refractivity contribution is -0.107. The quantitative estimate of drug-likeness (QED) is 0.583. The standard InChI is InChI=1S/C16H14F2O/c17-15-10-9-13(12-6-2-1-3-7-12)16(18)14(15)8-4-5-11-19/h1-3,6-7,9-11H,4-5,8H2. The fraction of sp³-hybridized carbons (Fsp3) is 0.188. The van der Waals surface area contributed by atoms with Crippen LogP contribution in [-0.4, -0.2) is 6.29 Å². The Morgan fingerprint density at radius 3 is 2.42 bits per heavy atom. The van der Waals surface area contributed by atoms with E-state index in [0.717, 1.165) is 11.8 Å². The Balaban J connectivity index is 2.37. The topological polar surface area (TPSA) is 17.1 Å². The summed E-state index contributed by atoms with van der Waals surface area (Å²) < 4.78 is 28.0. The zero-order chi connectivity index (χ0) is 13.7. The molecule has 0 amide bonds. The van der Waals surface area contributed by atoms with Crippen LogP contribution in [0.5, 0.6) is 0 Å². The van der Waals surface area contributed by atoms with Gasteiger partial charge in [0, 0.05) is 17.5 Å². The first-order valence-corrected chi connectivity index (χ1v) is 6.20. The third-order valence-electron chi connectivity index (χ3n) is 3.02. The molecule has 98 valence electrons. The van der Waals surface area contributed by atoms with Crippen LogP contribution in [0.15, 0.2) is 42.5 Å². The molecule has 2 rings (SSSR count). The minimum absolute atomic E-state index is 0.0585. The van der Waals surface area contributed by atoms with Crippen LogP contribution in [0.2, 0.25) is 0 Å². The van der Waals surface area contributed by atoms with Crippen molar-refractivity contribution in [1.29, 1.82) is 0 Å². The van der Waals surface area contributed by atoms with E-state index in [0.29, 0.717) is 18.4 Å². The summed E-state index contributed by atoms with van der Waals surface area (Å²) in [4.78, 5) is 10.3. The van der Waals surface area contributed by atoms with Crippen molar-refractivity contribution in [2.45, 2.75) is 19.3 Å². The molecule has 19 heavy (non-hydrogen) atoms. The SMILES string of the molecule is O=CCCCc1c(F)ccc(-c2ccccc2)c1F. The number of unbranched alkanes of at least 4 members (excludes halogenated alkanes) is 1. The fourth-order valence-electron chi connectivity index (χ4n) is 2.03. The molecule has 0 heterocycles. The van der Waals surface area contributed by atoms with E-state index in [-0.39, 0.29) is 12.0 Å². The molecule has 0 saturated heterocycles. The summed E-state index contributed by atoms with van der Waals surface area (Å²) in [5.41, 5.74) is 1.17. The van der Waals surface area contributed by atoms with Gasteiger partial charge < -0.3 is 4.79 Å². The third kappa shape index (κ3) is 3.05. The van der Waals surface area contributed by atoms with Crippen molar-refractivity contribution in [2.75, 3.05) is 0 Å². The number of halogens is 2. The van der Waals surface area contributed by atoms with Gasteiger partial charge in [0.25, 0.3) is 0 Å². The second-order valence-electron chi connectivity index (χ2n) is 4.31. The van der Waals surface area contributed by atoms with Gasteiger partial charge >= 0.3 is 0 Å². The van der Waals surface area contributed by atoms with E-state index < -0.39 is 11.6 Å². The Morgan fingerprint density at radius 1 is 1.00 bits per heavy atom. The average molecular weight is 260 g/mol. The minimum Gasteiger partial charge on any atom is -0.303 e. The van der Waals surface area contributed by atoms with Gasteiger partial charge in [-0.15, -0.1) is 0 Å². The molecular formula is C16H14F2O. The first kappa shape index (κ1) is 13.4. The second kappa shape index (κ2) is 6.23. The Morgan fingerprint density at radius 2 is 1.74 bits per heavy atom. The molecular weight excluding hydrogens is 246 g/mol. The highest BCUT2D eigenvalue weighted by Gasteiger charge is 2.14. The maximum Gasteiger partial charge on any atom is 0.137 e. The first-order chi connectivity index (χ1) is 9.24. The normalized spacial score (nSPS) is 10.4. The number of hydrogen-bond donors (Lipinski definition) is 0. The molecule has 0 spiro atoms. The summed E-state index contributed by atoms with van der Waals surface area (Å²) in [5.74, 6) is -1.08. The van der Waals surface area contributed by atoms with E-state index in [4.69, 9.17) is 0 Å². The molecule has 0 fully saturated rings. The smallest absolute Gasteiger partial charge is 0.137 e. The van der Waals surface area contributed by atoms with Crippen LogP contribution in [0, 0.1) is 11.6 Å². The van der Waals surface area contributed by atoms with Crippen molar-refractivity contribution in [3.8, 4) is 11.1 Å². The Kier molecular flexibility index (Phi) is 4.39. The van der Waals surface area contributed by atoms with Gasteiger partial charge in [0.1, 0.15) is 17.9 Å². The van der Waals surface area contributed by atoms with E-state index in [1.54, 1.807) is 12.1 Å². The summed E-state index contributed by atoms with van der Waals surface area (Å²) >= 11 is 0. The molecule has 0 unspecified atom stereocenters. The predicted molar refractivity (Wildman–Crippen MR) is 70.8 cm³/mol. The predicted octanol–water partition coefficient (Wildman–Crippen LogP) is 4.15. The lowest BCUT2D eigenvalue weighted by atomic mass is 9.99. The molecule has 2 aromatic carbocycles. The summed E-state index contributed by atoms with van der Waals surface area (Å²) in [7, 11) is 0. The van der Waals surface area contributed by atoms with Crippen molar-refractivity contribution < 1.29 is 13.6 Å². The first-order valence-electron chi connectivity index (χ1n) is 6.20. The number of aldehydes is 1. The van der Waals surface area contributed by atoms with Crippen LogP contribution in [0.25, 0.3) is 11.1 Å². The van der Waals surface area contributed by atoms with Gasteiger partial charge in [0.05, 0.1) is 0 Å². The van der Waals surface area contributed by atoms with Gasteiger partial charge in [-0.2, -0.15) is 0 Å². The Bertz CT molecular complexity index is 564. The maximum atomic E-state index is 14.3. The zero-order valence-electron chi connectivity index (χ0n) is 10.4. The number of carbonyl (C=O) groups excluding carboxylic acids is 1.